The third-order valence-electron chi connectivity index (χ3n) is 5.35. The van der Waals surface area contributed by atoms with Crippen LogP contribution < -0.4 is 0 Å². The Hall–Kier alpha value is -2.59. The SMILES string of the molecule is COC(=O)c1ccc2ccc(C(=O)c3ccc4c(c3)C(C)(C)CSC4)cc2c1. The summed E-state index contributed by atoms with van der Waals surface area (Å²) in [6.07, 6.45) is 0. The number of rotatable bonds is 3. The number of ether oxygens (including phenoxy) is 1. The van der Waals surface area contributed by atoms with Crippen molar-refractivity contribution in [1.82, 2.24) is 0 Å². The van der Waals surface area contributed by atoms with E-state index in [1.807, 2.05) is 42.1 Å². The summed E-state index contributed by atoms with van der Waals surface area (Å²) in [7, 11) is 1.36. The third-order valence-corrected chi connectivity index (χ3v) is 6.79. The highest BCUT2D eigenvalue weighted by atomic mass is 32.2. The van der Waals surface area contributed by atoms with Crippen molar-refractivity contribution in [3.63, 3.8) is 0 Å². The Morgan fingerprint density at radius 2 is 1.54 bits per heavy atom. The summed E-state index contributed by atoms with van der Waals surface area (Å²) in [5.74, 6) is 1.68. The highest BCUT2D eigenvalue weighted by molar-refractivity contribution is 7.98. The molecule has 3 nitrogen and oxygen atoms in total. The maximum absolute atomic E-state index is 13.2. The van der Waals surface area contributed by atoms with Gasteiger partial charge in [-0.1, -0.05) is 44.2 Å². The second kappa shape index (κ2) is 7.10. The molecule has 0 saturated heterocycles. The van der Waals surface area contributed by atoms with Gasteiger partial charge in [0.25, 0.3) is 0 Å². The Balaban J connectivity index is 1.74. The van der Waals surface area contributed by atoms with Crippen LogP contribution in [0.5, 0.6) is 0 Å². The molecule has 0 unspecified atom stereocenters. The summed E-state index contributed by atoms with van der Waals surface area (Å²) in [4.78, 5) is 25.0. The van der Waals surface area contributed by atoms with Gasteiger partial charge in [0.2, 0.25) is 0 Å². The molecule has 0 aliphatic carbocycles. The number of ketones is 1. The fourth-order valence-electron chi connectivity index (χ4n) is 3.77. The van der Waals surface area contributed by atoms with Gasteiger partial charge < -0.3 is 4.74 Å². The number of fused-ring (bicyclic) bond motifs is 2. The first-order chi connectivity index (χ1) is 13.4. The lowest BCUT2D eigenvalue weighted by molar-refractivity contribution is 0.0601. The number of methoxy groups -OCH3 is 1. The molecule has 0 N–H and O–H groups in total. The molecule has 1 aliphatic heterocycles. The molecule has 28 heavy (non-hydrogen) atoms. The first kappa shape index (κ1) is 18.8. The van der Waals surface area contributed by atoms with Gasteiger partial charge in [0.1, 0.15) is 0 Å². The zero-order valence-corrected chi connectivity index (χ0v) is 17.1. The predicted octanol–water partition coefficient (Wildman–Crippen LogP) is 5.38. The van der Waals surface area contributed by atoms with Gasteiger partial charge in [0.15, 0.2) is 5.78 Å². The highest BCUT2D eigenvalue weighted by Crippen LogP contribution is 2.38. The van der Waals surface area contributed by atoms with Crippen LogP contribution in [0.1, 0.15) is 51.3 Å². The smallest absolute Gasteiger partial charge is 0.337 e. The van der Waals surface area contributed by atoms with E-state index in [9.17, 15) is 9.59 Å². The Morgan fingerprint density at radius 3 is 2.29 bits per heavy atom. The molecule has 4 heteroatoms. The van der Waals surface area contributed by atoms with Crippen molar-refractivity contribution in [1.29, 1.82) is 0 Å². The van der Waals surface area contributed by atoms with E-state index in [1.165, 1.54) is 18.2 Å². The van der Waals surface area contributed by atoms with Gasteiger partial charge in [-0.3, -0.25) is 4.79 Å². The van der Waals surface area contributed by atoms with E-state index in [1.54, 1.807) is 12.1 Å². The molecule has 0 saturated carbocycles. The van der Waals surface area contributed by atoms with Crippen molar-refractivity contribution in [3.05, 3.63) is 82.4 Å². The minimum absolute atomic E-state index is 0.00203. The van der Waals surface area contributed by atoms with Crippen LogP contribution in [0.3, 0.4) is 0 Å². The summed E-state index contributed by atoms with van der Waals surface area (Å²) < 4.78 is 4.80. The van der Waals surface area contributed by atoms with Crippen LogP contribution in [0.15, 0.2) is 54.6 Å². The number of benzene rings is 3. The van der Waals surface area contributed by atoms with Crippen LogP contribution in [0.2, 0.25) is 0 Å². The zero-order chi connectivity index (χ0) is 19.9. The fraction of sp³-hybridized carbons (Fsp3) is 0.250. The number of hydrogen-bond acceptors (Lipinski definition) is 4. The van der Waals surface area contributed by atoms with Crippen LogP contribution in [-0.2, 0) is 15.9 Å². The van der Waals surface area contributed by atoms with Crippen molar-refractivity contribution in [3.8, 4) is 0 Å². The Kier molecular flexibility index (Phi) is 4.76. The van der Waals surface area contributed by atoms with Gasteiger partial charge in [-0.25, -0.2) is 4.79 Å². The number of esters is 1. The molecule has 0 radical (unpaired) electrons. The number of thioether (sulfide) groups is 1. The van der Waals surface area contributed by atoms with Gasteiger partial charge >= 0.3 is 5.97 Å². The van der Waals surface area contributed by atoms with E-state index in [0.29, 0.717) is 16.7 Å². The Morgan fingerprint density at radius 1 is 0.893 bits per heavy atom. The predicted molar refractivity (Wildman–Crippen MR) is 114 cm³/mol. The average molecular weight is 391 g/mol. The van der Waals surface area contributed by atoms with Crippen molar-refractivity contribution in [2.75, 3.05) is 12.9 Å². The maximum Gasteiger partial charge on any atom is 0.337 e. The lowest BCUT2D eigenvalue weighted by atomic mass is 9.82. The third kappa shape index (κ3) is 3.33. The van der Waals surface area contributed by atoms with Crippen molar-refractivity contribution >= 4 is 34.3 Å². The van der Waals surface area contributed by atoms with E-state index < -0.39 is 0 Å². The molecular weight excluding hydrogens is 368 g/mol. The topological polar surface area (TPSA) is 43.4 Å². The summed E-state index contributed by atoms with van der Waals surface area (Å²) in [5, 5.41) is 1.83. The quantitative estimate of drug-likeness (QED) is 0.445. The standard InChI is InChI=1S/C24H22O3S/c1-24(2)14-28-13-19-9-7-17(12-21(19)24)22(25)16-6-4-15-5-8-18(23(26)27-3)11-20(15)10-16/h4-12H,13-14H2,1-3H3. The average Bonchev–Trinajstić information content (AvgIpc) is 2.71. The molecule has 0 spiro atoms. The van der Waals surface area contributed by atoms with Crippen LogP contribution in [-0.4, -0.2) is 24.6 Å². The molecule has 142 valence electrons. The summed E-state index contributed by atoms with van der Waals surface area (Å²) in [6, 6.07) is 17.1. The van der Waals surface area contributed by atoms with E-state index >= 15 is 0 Å². The highest BCUT2D eigenvalue weighted by Gasteiger charge is 2.28. The Labute approximate surface area is 169 Å². The minimum atomic E-state index is -0.381. The van der Waals surface area contributed by atoms with Gasteiger partial charge in [-0.05, 0) is 51.6 Å². The largest absolute Gasteiger partial charge is 0.465 e. The molecule has 0 fully saturated rings. The monoisotopic (exact) mass is 390 g/mol. The molecule has 3 aromatic rings. The van der Waals surface area contributed by atoms with Gasteiger partial charge in [-0.15, -0.1) is 0 Å². The molecule has 0 atom stereocenters. The molecule has 3 aromatic carbocycles. The molecule has 1 aliphatic rings. The second-order valence-electron chi connectivity index (χ2n) is 7.85. The molecule has 0 aromatic heterocycles. The summed E-state index contributed by atoms with van der Waals surface area (Å²) in [5.41, 5.74) is 4.46. The maximum atomic E-state index is 13.2. The van der Waals surface area contributed by atoms with Crippen molar-refractivity contribution in [2.45, 2.75) is 25.0 Å². The zero-order valence-electron chi connectivity index (χ0n) is 16.2. The lowest BCUT2D eigenvalue weighted by Crippen LogP contribution is -2.26. The Bertz CT molecular complexity index is 1100. The van der Waals surface area contributed by atoms with Crippen molar-refractivity contribution in [2.24, 2.45) is 0 Å². The van der Waals surface area contributed by atoms with E-state index in [2.05, 4.69) is 26.0 Å². The van der Waals surface area contributed by atoms with Crippen LogP contribution in [0.25, 0.3) is 10.8 Å². The van der Waals surface area contributed by atoms with Gasteiger partial charge in [-0.2, -0.15) is 11.8 Å². The summed E-state index contributed by atoms with van der Waals surface area (Å²) >= 11 is 1.94. The first-order valence-corrected chi connectivity index (χ1v) is 10.4. The van der Waals surface area contributed by atoms with Gasteiger partial charge in [0.05, 0.1) is 12.7 Å². The van der Waals surface area contributed by atoms with E-state index in [0.717, 1.165) is 22.3 Å². The molecule has 0 bridgehead atoms. The molecule has 0 amide bonds. The number of hydrogen-bond donors (Lipinski definition) is 0. The molecule has 1 heterocycles. The van der Waals surface area contributed by atoms with Crippen LogP contribution >= 0.6 is 11.8 Å². The lowest BCUT2D eigenvalue weighted by Gasteiger charge is -2.32. The first-order valence-electron chi connectivity index (χ1n) is 9.27. The van der Waals surface area contributed by atoms with E-state index in [4.69, 9.17) is 4.74 Å². The van der Waals surface area contributed by atoms with Crippen molar-refractivity contribution < 1.29 is 14.3 Å². The van der Waals surface area contributed by atoms with Crippen LogP contribution in [0, 0.1) is 0 Å². The van der Waals surface area contributed by atoms with Crippen LogP contribution in [0.4, 0.5) is 0 Å². The second-order valence-corrected chi connectivity index (χ2v) is 8.83. The fourth-order valence-corrected chi connectivity index (χ4v) is 5.01. The molecular formula is C24H22O3S. The normalized spacial score (nSPS) is 15.1. The summed E-state index contributed by atoms with van der Waals surface area (Å²) in [6.45, 7) is 4.47. The minimum Gasteiger partial charge on any atom is -0.465 e. The van der Waals surface area contributed by atoms with Gasteiger partial charge in [0, 0.05) is 22.6 Å². The molecule has 4 rings (SSSR count). The number of carbonyl (C=O) groups excluding carboxylic acids is 2. The number of carbonyl (C=O) groups is 2. The van der Waals surface area contributed by atoms with E-state index in [-0.39, 0.29) is 17.2 Å².